The maximum atomic E-state index is 4.79. The van der Waals surface area contributed by atoms with Gasteiger partial charge in [0, 0.05) is 38.6 Å². The number of aryl methyl sites for hydroxylation is 1. The quantitative estimate of drug-likeness (QED) is 0.439. The Morgan fingerprint density at radius 3 is 2.76 bits per heavy atom. The van der Waals surface area contributed by atoms with Crippen LogP contribution >= 0.6 is 0 Å². The van der Waals surface area contributed by atoms with Gasteiger partial charge in [0.2, 0.25) is 0 Å². The van der Waals surface area contributed by atoms with Crippen molar-refractivity contribution in [3.05, 3.63) is 18.5 Å². The third-order valence-electron chi connectivity index (χ3n) is 4.50. The van der Waals surface area contributed by atoms with E-state index in [2.05, 4.69) is 29.6 Å². The fourth-order valence-corrected chi connectivity index (χ4v) is 2.77. The molecule has 0 bridgehead atoms. The minimum atomic E-state index is 0.484. The van der Waals surface area contributed by atoms with E-state index in [9.17, 15) is 0 Å². The third kappa shape index (κ3) is 4.76. The van der Waals surface area contributed by atoms with Gasteiger partial charge in [0.05, 0.1) is 0 Å². The number of aromatic nitrogens is 2. The molecule has 0 aromatic carbocycles. The highest BCUT2D eigenvalue weighted by Gasteiger charge is 2.34. The van der Waals surface area contributed by atoms with E-state index in [0.29, 0.717) is 5.41 Å². The molecular formula is C16H29N5. The first-order valence-electron chi connectivity index (χ1n) is 8.27. The monoisotopic (exact) mass is 291 g/mol. The van der Waals surface area contributed by atoms with Crippen LogP contribution in [0.4, 0.5) is 0 Å². The summed E-state index contributed by atoms with van der Waals surface area (Å²) in [5, 5.41) is 11.0. The Labute approximate surface area is 128 Å². The van der Waals surface area contributed by atoms with Gasteiger partial charge in [0.1, 0.15) is 0 Å². The summed E-state index contributed by atoms with van der Waals surface area (Å²) in [6.07, 6.45) is 10.2. The zero-order valence-electron chi connectivity index (χ0n) is 13.4. The number of aliphatic imine (C=N–C) groups is 1. The van der Waals surface area contributed by atoms with Crippen molar-refractivity contribution in [2.24, 2.45) is 10.4 Å². The molecule has 1 aromatic rings. The molecule has 5 nitrogen and oxygen atoms in total. The van der Waals surface area contributed by atoms with Crippen LogP contribution in [0.25, 0.3) is 0 Å². The predicted molar refractivity (Wildman–Crippen MR) is 87.4 cm³/mol. The van der Waals surface area contributed by atoms with Gasteiger partial charge in [-0.1, -0.05) is 13.3 Å². The van der Waals surface area contributed by atoms with Crippen LogP contribution in [0.3, 0.4) is 0 Å². The first-order valence-corrected chi connectivity index (χ1v) is 8.27. The zero-order chi connectivity index (χ0) is 15.0. The lowest BCUT2D eigenvalue weighted by atomic mass is 9.67. The highest BCUT2D eigenvalue weighted by molar-refractivity contribution is 5.79. The predicted octanol–water partition coefficient (Wildman–Crippen LogP) is 2.41. The topological polar surface area (TPSA) is 54.2 Å². The molecule has 0 unspecified atom stereocenters. The Bertz CT molecular complexity index is 414. The molecule has 118 valence electrons. The second kappa shape index (κ2) is 8.05. The van der Waals surface area contributed by atoms with Crippen LogP contribution in [0.1, 0.15) is 46.0 Å². The molecule has 1 aromatic heterocycles. The molecule has 5 heteroatoms. The zero-order valence-corrected chi connectivity index (χ0v) is 13.4. The lowest BCUT2D eigenvalue weighted by molar-refractivity contribution is 0.139. The molecule has 0 spiro atoms. The van der Waals surface area contributed by atoms with E-state index < -0.39 is 0 Å². The number of rotatable bonds is 8. The van der Waals surface area contributed by atoms with E-state index in [1.165, 1.54) is 25.7 Å². The SMILES string of the molecule is CCNC(=NCC1(CC)CCC1)NCCCn1cccn1. The summed E-state index contributed by atoms with van der Waals surface area (Å²) in [7, 11) is 0. The summed E-state index contributed by atoms with van der Waals surface area (Å²) >= 11 is 0. The second-order valence-electron chi connectivity index (χ2n) is 5.95. The molecule has 0 atom stereocenters. The van der Waals surface area contributed by atoms with Crippen LogP contribution in [0.2, 0.25) is 0 Å². The molecular weight excluding hydrogens is 262 g/mol. The summed E-state index contributed by atoms with van der Waals surface area (Å²) in [5.74, 6) is 0.956. The van der Waals surface area contributed by atoms with Gasteiger partial charge in [-0.2, -0.15) is 5.10 Å². The number of nitrogens with zero attached hydrogens (tertiary/aromatic N) is 3. The van der Waals surface area contributed by atoms with Crippen molar-refractivity contribution in [2.75, 3.05) is 19.6 Å². The van der Waals surface area contributed by atoms with Gasteiger partial charge in [-0.25, -0.2) is 0 Å². The van der Waals surface area contributed by atoms with Gasteiger partial charge in [-0.3, -0.25) is 9.67 Å². The smallest absolute Gasteiger partial charge is 0.191 e. The minimum absolute atomic E-state index is 0.484. The molecule has 2 rings (SSSR count). The molecule has 0 radical (unpaired) electrons. The molecule has 21 heavy (non-hydrogen) atoms. The van der Waals surface area contributed by atoms with Gasteiger partial charge >= 0.3 is 0 Å². The van der Waals surface area contributed by atoms with Gasteiger partial charge in [0.15, 0.2) is 5.96 Å². The van der Waals surface area contributed by atoms with Gasteiger partial charge in [-0.05, 0) is 44.1 Å². The van der Waals surface area contributed by atoms with Crippen molar-refractivity contribution in [1.82, 2.24) is 20.4 Å². The van der Waals surface area contributed by atoms with Crippen LogP contribution in [0.5, 0.6) is 0 Å². The van der Waals surface area contributed by atoms with E-state index >= 15 is 0 Å². The van der Waals surface area contributed by atoms with Crippen molar-refractivity contribution < 1.29 is 0 Å². The summed E-state index contributed by atoms with van der Waals surface area (Å²) in [6.45, 7) is 8.13. The van der Waals surface area contributed by atoms with Crippen molar-refractivity contribution >= 4 is 5.96 Å². The van der Waals surface area contributed by atoms with E-state index in [4.69, 9.17) is 4.99 Å². The highest BCUT2D eigenvalue weighted by Crippen LogP contribution is 2.43. The van der Waals surface area contributed by atoms with Crippen LogP contribution in [-0.2, 0) is 6.54 Å². The molecule has 1 saturated carbocycles. The largest absolute Gasteiger partial charge is 0.357 e. The van der Waals surface area contributed by atoms with E-state index in [1.807, 2.05) is 23.1 Å². The number of guanidine groups is 1. The Hall–Kier alpha value is -1.52. The Morgan fingerprint density at radius 2 is 2.19 bits per heavy atom. The summed E-state index contributed by atoms with van der Waals surface area (Å²) in [5.41, 5.74) is 0.484. The summed E-state index contributed by atoms with van der Waals surface area (Å²) in [6, 6.07) is 1.96. The van der Waals surface area contributed by atoms with Crippen molar-refractivity contribution in [2.45, 2.75) is 52.5 Å². The standard InChI is InChI=1S/C16H29N5/c1-3-16(8-5-9-16)14-19-15(17-4-2)18-10-6-12-21-13-7-11-20-21/h7,11,13H,3-6,8-10,12,14H2,1-2H3,(H2,17,18,19). The van der Waals surface area contributed by atoms with Crippen molar-refractivity contribution in [3.8, 4) is 0 Å². The fraction of sp³-hybridized carbons (Fsp3) is 0.750. The average Bonchev–Trinajstić information content (AvgIpc) is 2.96. The normalized spacial score (nSPS) is 17.3. The van der Waals surface area contributed by atoms with Crippen LogP contribution < -0.4 is 10.6 Å². The Balaban J connectivity index is 1.72. The highest BCUT2D eigenvalue weighted by atomic mass is 15.3. The summed E-state index contributed by atoms with van der Waals surface area (Å²) in [4.78, 5) is 4.79. The minimum Gasteiger partial charge on any atom is -0.357 e. The Kier molecular flexibility index (Phi) is 6.08. The maximum absolute atomic E-state index is 4.79. The van der Waals surface area contributed by atoms with Gasteiger partial charge < -0.3 is 10.6 Å². The average molecular weight is 291 g/mol. The van der Waals surface area contributed by atoms with E-state index in [-0.39, 0.29) is 0 Å². The van der Waals surface area contributed by atoms with Crippen LogP contribution in [0.15, 0.2) is 23.5 Å². The van der Waals surface area contributed by atoms with E-state index in [0.717, 1.165) is 38.6 Å². The number of nitrogens with one attached hydrogen (secondary N) is 2. The van der Waals surface area contributed by atoms with Crippen LogP contribution in [-0.4, -0.2) is 35.4 Å². The molecule has 1 heterocycles. The number of hydrogen-bond donors (Lipinski definition) is 2. The van der Waals surface area contributed by atoms with Gasteiger partial charge in [0.25, 0.3) is 0 Å². The number of hydrogen-bond acceptors (Lipinski definition) is 2. The molecule has 1 aliphatic carbocycles. The lowest BCUT2D eigenvalue weighted by Crippen LogP contribution is -2.40. The van der Waals surface area contributed by atoms with Crippen molar-refractivity contribution in [1.29, 1.82) is 0 Å². The van der Waals surface area contributed by atoms with Crippen LogP contribution in [0, 0.1) is 5.41 Å². The first kappa shape index (κ1) is 15.9. The van der Waals surface area contributed by atoms with Crippen molar-refractivity contribution in [3.63, 3.8) is 0 Å². The lowest BCUT2D eigenvalue weighted by Gasteiger charge is -2.40. The molecule has 0 amide bonds. The fourth-order valence-electron chi connectivity index (χ4n) is 2.77. The molecule has 1 aliphatic rings. The van der Waals surface area contributed by atoms with Gasteiger partial charge in [-0.15, -0.1) is 0 Å². The first-order chi connectivity index (χ1) is 10.3. The molecule has 0 saturated heterocycles. The Morgan fingerprint density at radius 1 is 1.33 bits per heavy atom. The third-order valence-corrected chi connectivity index (χ3v) is 4.50. The summed E-state index contributed by atoms with van der Waals surface area (Å²) < 4.78 is 1.96. The molecule has 2 N–H and O–H groups in total. The van der Waals surface area contributed by atoms with E-state index in [1.54, 1.807) is 0 Å². The second-order valence-corrected chi connectivity index (χ2v) is 5.95. The maximum Gasteiger partial charge on any atom is 0.191 e. The molecule has 0 aliphatic heterocycles. The molecule has 1 fully saturated rings.